The number of anilines is 1. The summed E-state index contributed by atoms with van der Waals surface area (Å²) >= 11 is 0. The lowest BCUT2D eigenvalue weighted by molar-refractivity contribution is 0.634. The third kappa shape index (κ3) is 2.67. The summed E-state index contributed by atoms with van der Waals surface area (Å²) in [6.45, 7) is 2.09. The van der Waals surface area contributed by atoms with Gasteiger partial charge in [-0.3, -0.25) is 0 Å². The minimum absolute atomic E-state index is 0.375. The molecule has 5 heteroatoms. The summed E-state index contributed by atoms with van der Waals surface area (Å²) in [5.74, 6) is 0.608. The van der Waals surface area contributed by atoms with Gasteiger partial charge in [0, 0.05) is 18.4 Å². The molecule has 0 bridgehead atoms. The molecule has 1 fully saturated rings. The first-order valence-electron chi connectivity index (χ1n) is 5.58. The molecule has 2 heterocycles. The van der Waals surface area contributed by atoms with Crippen LogP contribution in [0, 0.1) is 11.3 Å². The number of hydrogen-bond acceptors (Lipinski definition) is 5. The van der Waals surface area contributed by atoms with Crippen LogP contribution < -0.4 is 10.6 Å². The lowest BCUT2D eigenvalue weighted by atomic mass is 10.1. The van der Waals surface area contributed by atoms with Gasteiger partial charge in [-0.05, 0) is 32.4 Å². The monoisotopic (exact) mass is 217 g/mol. The molecule has 0 spiro atoms. The highest BCUT2D eigenvalue weighted by Crippen LogP contribution is 2.14. The SMILES string of the molecule is N#Cc1nccnc1NC1CCCNCC1. The van der Waals surface area contributed by atoms with E-state index < -0.39 is 0 Å². The Morgan fingerprint density at radius 3 is 3.06 bits per heavy atom. The predicted molar refractivity (Wildman–Crippen MR) is 60.9 cm³/mol. The zero-order chi connectivity index (χ0) is 11.2. The van der Waals surface area contributed by atoms with Gasteiger partial charge in [-0.15, -0.1) is 0 Å². The van der Waals surface area contributed by atoms with Crippen molar-refractivity contribution in [1.82, 2.24) is 15.3 Å². The van der Waals surface area contributed by atoms with E-state index in [0.29, 0.717) is 17.6 Å². The average Bonchev–Trinajstić information content (AvgIpc) is 2.58. The fraction of sp³-hybridized carbons (Fsp3) is 0.545. The third-order valence-corrected chi connectivity index (χ3v) is 2.72. The van der Waals surface area contributed by atoms with Crippen LogP contribution >= 0.6 is 0 Å². The molecule has 0 aliphatic carbocycles. The number of nitrogens with one attached hydrogen (secondary N) is 2. The largest absolute Gasteiger partial charge is 0.365 e. The van der Waals surface area contributed by atoms with E-state index in [4.69, 9.17) is 5.26 Å². The molecule has 0 radical (unpaired) electrons. The van der Waals surface area contributed by atoms with Crippen LogP contribution in [0.15, 0.2) is 12.4 Å². The lowest BCUT2D eigenvalue weighted by Crippen LogP contribution is -2.22. The highest BCUT2D eigenvalue weighted by Gasteiger charge is 2.14. The molecule has 2 rings (SSSR count). The first-order valence-corrected chi connectivity index (χ1v) is 5.58. The second-order valence-corrected chi connectivity index (χ2v) is 3.89. The predicted octanol–water partition coefficient (Wildman–Crippen LogP) is 0.902. The Morgan fingerprint density at radius 1 is 1.31 bits per heavy atom. The average molecular weight is 217 g/mol. The van der Waals surface area contributed by atoms with Gasteiger partial charge in [-0.25, -0.2) is 9.97 Å². The topological polar surface area (TPSA) is 73.6 Å². The van der Waals surface area contributed by atoms with Crippen LogP contribution in [0.4, 0.5) is 5.82 Å². The number of hydrogen-bond donors (Lipinski definition) is 2. The van der Waals surface area contributed by atoms with Crippen LogP contribution in [0.2, 0.25) is 0 Å². The van der Waals surface area contributed by atoms with Crippen LogP contribution in [-0.4, -0.2) is 29.1 Å². The summed E-state index contributed by atoms with van der Waals surface area (Å²) in [5.41, 5.74) is 0.375. The Hall–Kier alpha value is -1.67. The summed E-state index contributed by atoms with van der Waals surface area (Å²) in [6.07, 6.45) is 6.46. The summed E-state index contributed by atoms with van der Waals surface area (Å²) in [4.78, 5) is 8.14. The van der Waals surface area contributed by atoms with Gasteiger partial charge < -0.3 is 10.6 Å². The molecule has 16 heavy (non-hydrogen) atoms. The molecule has 0 aromatic carbocycles. The molecular formula is C11H15N5. The summed E-state index contributed by atoms with van der Waals surface area (Å²) in [6, 6.07) is 2.44. The highest BCUT2D eigenvalue weighted by atomic mass is 15.0. The Labute approximate surface area is 94.9 Å². The number of rotatable bonds is 2. The van der Waals surface area contributed by atoms with Crippen LogP contribution in [0.5, 0.6) is 0 Å². The van der Waals surface area contributed by atoms with Crippen LogP contribution in [0.3, 0.4) is 0 Å². The fourth-order valence-electron chi connectivity index (χ4n) is 1.88. The smallest absolute Gasteiger partial charge is 0.182 e. The van der Waals surface area contributed by atoms with Crippen molar-refractivity contribution in [1.29, 1.82) is 5.26 Å². The minimum Gasteiger partial charge on any atom is -0.365 e. The Balaban J connectivity index is 2.05. The molecule has 5 nitrogen and oxygen atoms in total. The quantitative estimate of drug-likeness (QED) is 0.770. The van der Waals surface area contributed by atoms with E-state index in [1.807, 2.05) is 6.07 Å². The van der Waals surface area contributed by atoms with Crippen molar-refractivity contribution in [3.63, 3.8) is 0 Å². The second kappa shape index (κ2) is 5.42. The maximum absolute atomic E-state index is 8.90. The molecule has 1 aromatic rings. The normalized spacial score (nSPS) is 20.8. The molecule has 1 aliphatic heterocycles. The van der Waals surface area contributed by atoms with Crippen molar-refractivity contribution < 1.29 is 0 Å². The van der Waals surface area contributed by atoms with Gasteiger partial charge in [-0.1, -0.05) is 0 Å². The van der Waals surface area contributed by atoms with Crippen molar-refractivity contribution >= 4 is 5.82 Å². The van der Waals surface area contributed by atoms with Gasteiger partial charge in [0.05, 0.1) is 0 Å². The van der Waals surface area contributed by atoms with Crippen molar-refractivity contribution in [2.24, 2.45) is 0 Å². The molecular weight excluding hydrogens is 202 g/mol. The highest BCUT2D eigenvalue weighted by molar-refractivity contribution is 5.47. The van der Waals surface area contributed by atoms with Crippen molar-refractivity contribution in [2.45, 2.75) is 25.3 Å². The summed E-state index contributed by atoms with van der Waals surface area (Å²) in [7, 11) is 0. The minimum atomic E-state index is 0.375. The van der Waals surface area contributed by atoms with Crippen molar-refractivity contribution in [3.8, 4) is 6.07 Å². The number of nitriles is 1. The van der Waals surface area contributed by atoms with Crippen LogP contribution in [0.25, 0.3) is 0 Å². The molecule has 0 amide bonds. The standard InChI is InChI=1S/C11H15N5/c12-8-10-11(15-7-6-14-10)16-9-2-1-4-13-5-3-9/h6-7,9,13H,1-5H2,(H,15,16). The van der Waals surface area contributed by atoms with E-state index in [1.54, 1.807) is 12.4 Å². The summed E-state index contributed by atoms with van der Waals surface area (Å²) in [5, 5.41) is 15.6. The van der Waals surface area contributed by atoms with Crippen LogP contribution in [-0.2, 0) is 0 Å². The van der Waals surface area contributed by atoms with E-state index in [9.17, 15) is 0 Å². The second-order valence-electron chi connectivity index (χ2n) is 3.89. The van der Waals surface area contributed by atoms with E-state index in [-0.39, 0.29) is 0 Å². The Morgan fingerprint density at radius 2 is 2.19 bits per heavy atom. The van der Waals surface area contributed by atoms with Gasteiger partial charge in [0.25, 0.3) is 0 Å². The lowest BCUT2D eigenvalue weighted by Gasteiger charge is -2.16. The van der Waals surface area contributed by atoms with E-state index in [2.05, 4.69) is 20.6 Å². The van der Waals surface area contributed by atoms with Crippen molar-refractivity contribution in [3.05, 3.63) is 18.1 Å². The third-order valence-electron chi connectivity index (χ3n) is 2.72. The van der Waals surface area contributed by atoms with Gasteiger partial charge in [0.15, 0.2) is 11.5 Å². The molecule has 1 unspecified atom stereocenters. The Kier molecular flexibility index (Phi) is 3.67. The first kappa shape index (κ1) is 10.8. The van der Waals surface area contributed by atoms with Gasteiger partial charge >= 0.3 is 0 Å². The van der Waals surface area contributed by atoms with E-state index >= 15 is 0 Å². The Bertz CT molecular complexity index is 376. The van der Waals surface area contributed by atoms with Crippen LogP contribution in [0.1, 0.15) is 25.0 Å². The molecule has 1 aromatic heterocycles. The molecule has 84 valence electrons. The van der Waals surface area contributed by atoms with E-state index in [0.717, 1.165) is 32.4 Å². The molecule has 2 N–H and O–H groups in total. The van der Waals surface area contributed by atoms with Gasteiger partial charge in [0.2, 0.25) is 0 Å². The van der Waals surface area contributed by atoms with Gasteiger partial charge in [0.1, 0.15) is 6.07 Å². The maximum atomic E-state index is 8.90. The molecule has 0 saturated carbocycles. The molecule has 1 atom stereocenters. The molecule has 1 aliphatic rings. The fourth-order valence-corrected chi connectivity index (χ4v) is 1.88. The van der Waals surface area contributed by atoms with E-state index in [1.165, 1.54) is 0 Å². The zero-order valence-electron chi connectivity index (χ0n) is 9.11. The number of nitrogens with zero attached hydrogens (tertiary/aromatic N) is 3. The zero-order valence-corrected chi connectivity index (χ0v) is 9.11. The van der Waals surface area contributed by atoms with Gasteiger partial charge in [-0.2, -0.15) is 5.26 Å². The summed E-state index contributed by atoms with van der Waals surface area (Å²) < 4.78 is 0. The molecule has 1 saturated heterocycles. The number of aromatic nitrogens is 2. The van der Waals surface area contributed by atoms with Crippen molar-refractivity contribution in [2.75, 3.05) is 18.4 Å². The maximum Gasteiger partial charge on any atom is 0.182 e. The first-order chi connectivity index (χ1) is 7.90.